The molecule has 2 aromatic carbocycles. The van der Waals surface area contributed by atoms with Crippen LogP contribution in [0.3, 0.4) is 0 Å². The lowest BCUT2D eigenvalue weighted by atomic mass is 9.98. The fourth-order valence-corrected chi connectivity index (χ4v) is 5.56. The first-order valence-corrected chi connectivity index (χ1v) is 17.4. The van der Waals surface area contributed by atoms with Gasteiger partial charge in [0.25, 0.3) is 0 Å². The van der Waals surface area contributed by atoms with Crippen molar-refractivity contribution >= 4 is 28.9 Å². The molecule has 280 valence electrons. The molecular weight excluding hydrogens is 680 g/mol. The number of aromatic nitrogens is 6. The molecule has 0 aliphatic carbocycles. The van der Waals surface area contributed by atoms with Gasteiger partial charge in [-0.2, -0.15) is 5.10 Å². The summed E-state index contributed by atoms with van der Waals surface area (Å²) in [6.45, 7) is 12.6. The number of hydrogen-bond acceptors (Lipinski definition) is 12. The quantitative estimate of drug-likeness (QED) is 0.141. The van der Waals surface area contributed by atoms with Gasteiger partial charge >= 0.3 is 12.1 Å². The summed E-state index contributed by atoms with van der Waals surface area (Å²) in [5.41, 5.74) is 1.11. The molecule has 4 heterocycles. The van der Waals surface area contributed by atoms with E-state index in [1.165, 1.54) is 4.68 Å². The highest BCUT2D eigenvalue weighted by Crippen LogP contribution is 2.36. The van der Waals surface area contributed by atoms with Crippen molar-refractivity contribution in [2.45, 2.75) is 79.5 Å². The number of carbonyl (C=O) groups excluding carboxylic acids is 2. The summed E-state index contributed by atoms with van der Waals surface area (Å²) in [5.74, 6) is 2.78. The summed E-state index contributed by atoms with van der Waals surface area (Å²) in [6, 6.07) is 16.8. The van der Waals surface area contributed by atoms with Crippen molar-refractivity contribution in [3.05, 3.63) is 78.2 Å². The smallest absolute Gasteiger partial charge is 0.410 e. The van der Waals surface area contributed by atoms with Gasteiger partial charge in [-0.25, -0.2) is 19.1 Å². The van der Waals surface area contributed by atoms with Crippen LogP contribution in [0.5, 0.6) is 23.0 Å². The molecule has 1 atom stereocenters. The SMILES string of the molecule is COc1ccc(Cn2nc(NC3CCN(C(=O)OC(C)(C)C)C3)c3c(Oc4ccc(OCc5cnnn5COC(=O)C(C)(C)C)cc4)ccnc32)cc1. The Morgan fingerprint density at radius 3 is 2.34 bits per heavy atom. The Morgan fingerprint density at radius 2 is 1.64 bits per heavy atom. The third kappa shape index (κ3) is 9.33. The Kier molecular flexibility index (Phi) is 10.7. The Morgan fingerprint density at radius 1 is 0.925 bits per heavy atom. The molecule has 1 aliphatic rings. The predicted octanol–water partition coefficient (Wildman–Crippen LogP) is 6.42. The molecule has 1 fully saturated rings. The minimum absolute atomic E-state index is 0.0573. The Hall–Kier alpha value is -5.86. The molecule has 1 N–H and O–H groups in total. The summed E-state index contributed by atoms with van der Waals surface area (Å²) < 4.78 is 32.1. The minimum atomic E-state index is -0.625. The summed E-state index contributed by atoms with van der Waals surface area (Å²) in [7, 11) is 1.64. The molecule has 0 bridgehead atoms. The van der Waals surface area contributed by atoms with Crippen LogP contribution in [0.15, 0.2) is 67.0 Å². The van der Waals surface area contributed by atoms with Crippen LogP contribution in [0.25, 0.3) is 11.0 Å². The molecule has 0 spiro atoms. The predicted molar refractivity (Wildman–Crippen MR) is 196 cm³/mol. The third-order valence-electron chi connectivity index (χ3n) is 8.33. The van der Waals surface area contributed by atoms with Crippen LogP contribution < -0.4 is 19.5 Å². The molecule has 53 heavy (non-hydrogen) atoms. The van der Waals surface area contributed by atoms with Crippen LogP contribution in [0.4, 0.5) is 10.6 Å². The average Bonchev–Trinajstić information content (AvgIpc) is 3.86. The number of methoxy groups -OCH3 is 1. The van der Waals surface area contributed by atoms with Crippen LogP contribution in [-0.4, -0.2) is 78.6 Å². The second-order valence-electron chi connectivity index (χ2n) is 14.8. The van der Waals surface area contributed by atoms with Crippen LogP contribution in [0.2, 0.25) is 0 Å². The lowest BCUT2D eigenvalue weighted by Gasteiger charge is -2.24. The summed E-state index contributed by atoms with van der Waals surface area (Å²) in [4.78, 5) is 31.4. The van der Waals surface area contributed by atoms with E-state index in [0.717, 1.165) is 17.7 Å². The van der Waals surface area contributed by atoms with Crippen LogP contribution >= 0.6 is 0 Å². The van der Waals surface area contributed by atoms with Crippen LogP contribution in [0, 0.1) is 5.41 Å². The second-order valence-corrected chi connectivity index (χ2v) is 14.8. The van der Waals surface area contributed by atoms with Gasteiger partial charge in [-0.3, -0.25) is 4.79 Å². The van der Waals surface area contributed by atoms with Gasteiger partial charge in [0.1, 0.15) is 40.6 Å². The molecule has 0 saturated carbocycles. The fourth-order valence-electron chi connectivity index (χ4n) is 5.56. The maximum Gasteiger partial charge on any atom is 0.410 e. The van der Waals surface area contributed by atoms with Crippen molar-refractivity contribution in [3.8, 4) is 23.0 Å². The van der Waals surface area contributed by atoms with E-state index in [2.05, 4.69) is 15.6 Å². The van der Waals surface area contributed by atoms with Crippen molar-refractivity contribution < 1.29 is 33.3 Å². The first-order chi connectivity index (χ1) is 25.3. The molecule has 15 heteroatoms. The Bertz CT molecular complexity index is 2030. The molecule has 15 nitrogen and oxygen atoms in total. The van der Waals surface area contributed by atoms with Gasteiger partial charge < -0.3 is 33.9 Å². The van der Waals surface area contributed by atoms with Gasteiger partial charge in [-0.05, 0) is 89.9 Å². The lowest BCUT2D eigenvalue weighted by Crippen LogP contribution is -2.36. The van der Waals surface area contributed by atoms with Gasteiger partial charge in [-0.1, -0.05) is 17.3 Å². The molecule has 0 radical (unpaired) electrons. The summed E-state index contributed by atoms with van der Waals surface area (Å²) in [6.07, 6.45) is 3.65. The van der Waals surface area contributed by atoms with E-state index < -0.39 is 11.0 Å². The van der Waals surface area contributed by atoms with Crippen molar-refractivity contribution in [3.63, 3.8) is 0 Å². The highest BCUT2D eigenvalue weighted by molar-refractivity contribution is 5.93. The average molecular weight is 727 g/mol. The number of rotatable bonds is 12. The Labute approximate surface area is 308 Å². The van der Waals surface area contributed by atoms with E-state index in [-0.39, 0.29) is 31.4 Å². The molecular formula is C38H46N8O7. The number of likely N-dealkylation sites (tertiary alicyclic amines) is 1. The summed E-state index contributed by atoms with van der Waals surface area (Å²) in [5, 5.41) is 17.2. The number of esters is 1. The molecule has 5 aromatic rings. The van der Waals surface area contributed by atoms with Crippen LogP contribution in [0.1, 0.15) is 59.2 Å². The highest BCUT2D eigenvalue weighted by Gasteiger charge is 2.31. The van der Waals surface area contributed by atoms with Gasteiger partial charge in [0, 0.05) is 31.4 Å². The van der Waals surface area contributed by atoms with Crippen molar-refractivity contribution in [1.29, 1.82) is 0 Å². The zero-order valence-electron chi connectivity index (χ0n) is 31.2. The van der Waals surface area contributed by atoms with Crippen molar-refractivity contribution in [1.82, 2.24) is 34.7 Å². The molecule has 3 aromatic heterocycles. The minimum Gasteiger partial charge on any atom is -0.497 e. The first-order valence-electron chi connectivity index (χ1n) is 17.4. The normalized spacial score (nSPS) is 14.6. The number of ether oxygens (including phenoxy) is 5. The third-order valence-corrected chi connectivity index (χ3v) is 8.33. The number of hydrogen-bond donors (Lipinski definition) is 1. The second kappa shape index (κ2) is 15.4. The Balaban J connectivity index is 1.18. The van der Waals surface area contributed by atoms with E-state index in [0.29, 0.717) is 59.4 Å². The van der Waals surface area contributed by atoms with E-state index in [1.54, 1.807) is 63.4 Å². The van der Waals surface area contributed by atoms with E-state index >= 15 is 0 Å². The number of anilines is 1. The molecule has 6 rings (SSSR count). The maximum absolute atomic E-state index is 12.8. The zero-order chi connectivity index (χ0) is 37.8. The number of nitrogens with one attached hydrogen (secondary N) is 1. The van der Waals surface area contributed by atoms with E-state index in [9.17, 15) is 9.59 Å². The number of amides is 1. The van der Waals surface area contributed by atoms with Gasteiger partial charge in [0.05, 0.1) is 31.0 Å². The maximum atomic E-state index is 12.8. The highest BCUT2D eigenvalue weighted by atomic mass is 16.6. The monoisotopic (exact) mass is 726 g/mol. The number of nitrogens with zero attached hydrogens (tertiary/aromatic N) is 7. The summed E-state index contributed by atoms with van der Waals surface area (Å²) >= 11 is 0. The number of benzene rings is 2. The molecule has 1 unspecified atom stereocenters. The first kappa shape index (κ1) is 36.9. The standard InChI is InChI=1S/C38H46N8O7/c1-37(2,3)35(47)51-24-46-27(20-40-43-46)23-50-29-12-14-30(15-13-29)52-31-16-18-39-34-32(31)33(42-45(34)21-25-8-10-28(49-7)11-9-25)41-26-17-19-44(22-26)36(48)53-38(4,5)6/h8-16,18,20,26H,17,19,21-24H2,1-7H3,(H,41,42). The number of carbonyl (C=O) groups is 2. The topological polar surface area (TPSA) is 157 Å². The van der Waals surface area contributed by atoms with Crippen LogP contribution in [-0.2, 0) is 34.2 Å². The number of pyridine rings is 1. The van der Waals surface area contributed by atoms with Crippen molar-refractivity contribution in [2.75, 3.05) is 25.5 Å². The lowest BCUT2D eigenvalue weighted by molar-refractivity contribution is -0.157. The van der Waals surface area contributed by atoms with E-state index in [1.807, 2.05) is 61.9 Å². The van der Waals surface area contributed by atoms with Crippen molar-refractivity contribution in [2.24, 2.45) is 5.41 Å². The van der Waals surface area contributed by atoms with E-state index in [4.69, 9.17) is 33.8 Å². The molecule has 1 amide bonds. The van der Waals surface area contributed by atoms with Gasteiger partial charge in [-0.15, -0.1) is 5.10 Å². The van der Waals surface area contributed by atoms with Gasteiger partial charge in [0.15, 0.2) is 18.2 Å². The number of fused-ring (bicyclic) bond motifs is 1. The van der Waals surface area contributed by atoms with Gasteiger partial charge in [0.2, 0.25) is 0 Å². The zero-order valence-corrected chi connectivity index (χ0v) is 31.2. The fraction of sp³-hybridized carbons (Fsp3) is 0.421. The molecule has 1 aliphatic heterocycles. The largest absolute Gasteiger partial charge is 0.497 e. The molecule has 1 saturated heterocycles.